The maximum absolute atomic E-state index is 11.4. The normalized spacial score (nSPS) is 22.7. The van der Waals surface area contributed by atoms with Crippen LogP contribution in [-0.2, 0) is 9.53 Å². The Balaban J connectivity index is 2.39. The summed E-state index contributed by atoms with van der Waals surface area (Å²) in [5, 5.41) is 0. The van der Waals surface area contributed by atoms with Crippen molar-refractivity contribution in [1.29, 1.82) is 0 Å². The van der Waals surface area contributed by atoms with Gasteiger partial charge in [0.1, 0.15) is 6.10 Å². The molecule has 1 fully saturated rings. The Hall–Kier alpha value is -0.280. The van der Waals surface area contributed by atoms with Gasteiger partial charge in [-0.05, 0) is 32.1 Å². The number of halogens is 1. The molecule has 0 heterocycles. The van der Waals surface area contributed by atoms with Crippen molar-refractivity contribution < 1.29 is 9.53 Å². The lowest BCUT2D eigenvalue weighted by Gasteiger charge is -2.20. The predicted octanol–water partition coefficient (Wildman–Crippen LogP) is 1.78. The molecule has 1 saturated carbocycles. The van der Waals surface area contributed by atoms with Gasteiger partial charge in [-0.2, -0.15) is 0 Å². The molecule has 13 heavy (non-hydrogen) atoms. The summed E-state index contributed by atoms with van der Waals surface area (Å²) in [5.41, 5.74) is 5.53. The Morgan fingerprint density at radius 2 is 2.15 bits per heavy atom. The number of rotatable bonds is 3. The minimum atomic E-state index is -1.33. The molecule has 76 valence electrons. The molecule has 0 aromatic heterocycles. The molecule has 0 radical (unpaired) electrons. The smallest absolute Gasteiger partial charge is 0.342 e. The fourth-order valence-electron chi connectivity index (χ4n) is 1.40. The van der Waals surface area contributed by atoms with Gasteiger partial charge in [0.15, 0.2) is 5.00 Å². The summed E-state index contributed by atoms with van der Waals surface area (Å²) >= 11 is 5.75. The highest BCUT2D eigenvalue weighted by Crippen LogP contribution is 2.24. The first-order valence-electron chi connectivity index (χ1n) is 4.75. The second-order valence-electron chi connectivity index (χ2n) is 3.53. The van der Waals surface area contributed by atoms with Gasteiger partial charge >= 0.3 is 5.97 Å². The van der Waals surface area contributed by atoms with Crippen molar-refractivity contribution in [2.75, 3.05) is 0 Å². The van der Waals surface area contributed by atoms with Gasteiger partial charge in [0.05, 0.1) is 0 Å². The minimum absolute atomic E-state index is 0.0423. The van der Waals surface area contributed by atoms with Gasteiger partial charge in [-0.1, -0.05) is 18.5 Å². The molecule has 3 nitrogen and oxygen atoms in total. The molecule has 1 atom stereocenters. The molecule has 2 N–H and O–H groups in total. The first-order valence-corrected chi connectivity index (χ1v) is 5.13. The lowest BCUT2D eigenvalue weighted by atomic mass is 10.2. The molecule has 0 saturated heterocycles. The average Bonchev–Trinajstić information content (AvgIpc) is 2.57. The quantitative estimate of drug-likeness (QED) is 0.434. The van der Waals surface area contributed by atoms with E-state index >= 15 is 0 Å². The Kier molecular flexibility index (Phi) is 3.56. The Bertz CT molecular complexity index is 188. The highest BCUT2D eigenvalue weighted by molar-refractivity contribution is 6.33. The second-order valence-corrected chi connectivity index (χ2v) is 4.20. The maximum Gasteiger partial charge on any atom is 0.342 e. The molecule has 0 spiro atoms. The standard InChI is InChI=1S/C9H16ClNO2/c1-2-9(10,11)8(12)13-7-5-3-4-6-7/h7H,2-6,11H2,1H3. The molecular weight excluding hydrogens is 190 g/mol. The molecule has 4 heteroatoms. The number of ether oxygens (including phenoxy) is 1. The molecule has 0 aliphatic heterocycles. The van der Waals surface area contributed by atoms with Crippen LogP contribution in [0.2, 0.25) is 0 Å². The number of alkyl halides is 1. The zero-order valence-corrected chi connectivity index (χ0v) is 8.64. The molecule has 1 unspecified atom stereocenters. The molecule has 0 aromatic rings. The van der Waals surface area contributed by atoms with Crippen LogP contribution in [0.15, 0.2) is 0 Å². The summed E-state index contributed by atoms with van der Waals surface area (Å²) in [6.45, 7) is 1.77. The van der Waals surface area contributed by atoms with Crippen LogP contribution in [0.1, 0.15) is 39.0 Å². The number of hydrogen-bond donors (Lipinski definition) is 1. The monoisotopic (exact) mass is 205 g/mol. The van der Waals surface area contributed by atoms with Gasteiger partial charge in [0.2, 0.25) is 0 Å². The number of carbonyl (C=O) groups excluding carboxylic acids is 1. The van der Waals surface area contributed by atoms with E-state index in [9.17, 15) is 4.79 Å². The third-order valence-corrected chi connectivity index (χ3v) is 2.85. The summed E-state index contributed by atoms with van der Waals surface area (Å²) in [7, 11) is 0. The third kappa shape index (κ3) is 2.85. The number of carbonyl (C=O) groups is 1. The molecule has 1 aliphatic rings. The van der Waals surface area contributed by atoms with Crippen LogP contribution in [0.4, 0.5) is 0 Å². The zero-order valence-electron chi connectivity index (χ0n) is 7.88. The Labute approximate surface area is 83.6 Å². The summed E-state index contributed by atoms with van der Waals surface area (Å²) < 4.78 is 5.17. The summed E-state index contributed by atoms with van der Waals surface area (Å²) in [6.07, 6.45) is 4.58. The van der Waals surface area contributed by atoms with Crippen molar-refractivity contribution in [1.82, 2.24) is 0 Å². The van der Waals surface area contributed by atoms with Crippen molar-refractivity contribution in [2.45, 2.75) is 50.1 Å². The van der Waals surface area contributed by atoms with E-state index in [4.69, 9.17) is 22.1 Å². The van der Waals surface area contributed by atoms with E-state index in [-0.39, 0.29) is 6.10 Å². The average molecular weight is 206 g/mol. The summed E-state index contributed by atoms with van der Waals surface area (Å²) in [4.78, 5) is 10.0. The molecule has 0 aromatic carbocycles. The highest BCUT2D eigenvalue weighted by atomic mass is 35.5. The fourth-order valence-corrected chi connectivity index (χ4v) is 1.44. The van der Waals surface area contributed by atoms with E-state index < -0.39 is 11.0 Å². The lowest BCUT2D eigenvalue weighted by Crippen LogP contribution is -2.44. The largest absolute Gasteiger partial charge is 0.460 e. The fraction of sp³-hybridized carbons (Fsp3) is 0.889. The summed E-state index contributed by atoms with van der Waals surface area (Å²) in [5.74, 6) is -0.483. The first-order chi connectivity index (χ1) is 6.06. The molecule has 0 amide bonds. The van der Waals surface area contributed by atoms with Gasteiger partial charge in [-0.15, -0.1) is 0 Å². The van der Waals surface area contributed by atoms with Crippen LogP contribution in [0.25, 0.3) is 0 Å². The minimum Gasteiger partial charge on any atom is -0.460 e. The van der Waals surface area contributed by atoms with E-state index in [0.29, 0.717) is 6.42 Å². The van der Waals surface area contributed by atoms with Crippen molar-refractivity contribution in [3.8, 4) is 0 Å². The van der Waals surface area contributed by atoms with Crippen molar-refractivity contribution in [3.63, 3.8) is 0 Å². The van der Waals surface area contributed by atoms with Gasteiger partial charge in [-0.25, -0.2) is 4.79 Å². The zero-order chi connectivity index (χ0) is 9.90. The maximum atomic E-state index is 11.4. The van der Waals surface area contributed by atoms with Crippen LogP contribution in [0.5, 0.6) is 0 Å². The van der Waals surface area contributed by atoms with Crippen LogP contribution in [-0.4, -0.2) is 17.1 Å². The van der Waals surface area contributed by atoms with Crippen molar-refractivity contribution in [3.05, 3.63) is 0 Å². The van der Waals surface area contributed by atoms with Gasteiger partial charge in [0.25, 0.3) is 0 Å². The molecule has 0 bridgehead atoms. The van der Waals surface area contributed by atoms with Crippen molar-refractivity contribution in [2.24, 2.45) is 5.73 Å². The SMILES string of the molecule is CCC(N)(Cl)C(=O)OC1CCCC1. The van der Waals surface area contributed by atoms with Crippen LogP contribution in [0, 0.1) is 0 Å². The molecule has 1 aliphatic carbocycles. The Morgan fingerprint density at radius 3 is 2.62 bits per heavy atom. The van der Waals surface area contributed by atoms with Crippen LogP contribution >= 0.6 is 11.6 Å². The number of hydrogen-bond acceptors (Lipinski definition) is 3. The number of esters is 1. The van der Waals surface area contributed by atoms with Gasteiger partial charge in [-0.3, -0.25) is 0 Å². The lowest BCUT2D eigenvalue weighted by molar-refractivity contribution is -0.152. The van der Waals surface area contributed by atoms with Crippen LogP contribution < -0.4 is 5.73 Å². The van der Waals surface area contributed by atoms with Gasteiger partial charge in [0, 0.05) is 0 Å². The van der Waals surface area contributed by atoms with E-state index in [0.717, 1.165) is 25.7 Å². The number of nitrogens with two attached hydrogens (primary N) is 1. The molecular formula is C9H16ClNO2. The van der Waals surface area contributed by atoms with Gasteiger partial charge < -0.3 is 10.5 Å². The Morgan fingerprint density at radius 1 is 1.62 bits per heavy atom. The summed E-state index contributed by atoms with van der Waals surface area (Å²) in [6, 6.07) is 0. The topological polar surface area (TPSA) is 52.3 Å². The third-order valence-electron chi connectivity index (χ3n) is 2.43. The van der Waals surface area contributed by atoms with Crippen LogP contribution in [0.3, 0.4) is 0 Å². The predicted molar refractivity (Wildman–Crippen MR) is 51.4 cm³/mol. The second kappa shape index (κ2) is 4.29. The van der Waals surface area contributed by atoms with E-state index in [1.807, 2.05) is 0 Å². The molecule has 1 rings (SSSR count). The van der Waals surface area contributed by atoms with E-state index in [2.05, 4.69) is 0 Å². The van der Waals surface area contributed by atoms with Crippen molar-refractivity contribution >= 4 is 17.6 Å². The highest BCUT2D eigenvalue weighted by Gasteiger charge is 2.33. The van der Waals surface area contributed by atoms with E-state index in [1.54, 1.807) is 6.92 Å². The first kappa shape index (κ1) is 10.8. The van der Waals surface area contributed by atoms with E-state index in [1.165, 1.54) is 0 Å².